The topological polar surface area (TPSA) is 56.1 Å². The molecule has 1 aromatic rings. The van der Waals surface area contributed by atoms with Gasteiger partial charge in [-0.3, -0.25) is 4.79 Å². The number of hydrogen-bond donors (Lipinski definition) is 1. The number of halogens is 4. The van der Waals surface area contributed by atoms with E-state index in [2.05, 4.69) is 16.3 Å². The summed E-state index contributed by atoms with van der Waals surface area (Å²) in [5, 5.41) is 12.6. The molecule has 168 valence electrons. The summed E-state index contributed by atoms with van der Waals surface area (Å²) < 4.78 is 40.5. The largest absolute Gasteiger partial charge is 0.326 e. The molecule has 2 saturated carbocycles. The number of amides is 1. The van der Waals surface area contributed by atoms with Gasteiger partial charge in [-0.1, -0.05) is 11.6 Å². The van der Waals surface area contributed by atoms with Crippen molar-refractivity contribution < 1.29 is 18.0 Å². The van der Waals surface area contributed by atoms with E-state index in [9.17, 15) is 23.2 Å². The first-order chi connectivity index (χ1) is 14.6. The summed E-state index contributed by atoms with van der Waals surface area (Å²) in [5.41, 5.74) is -0.133. The zero-order valence-electron chi connectivity index (χ0n) is 17.4. The maximum Gasteiger partial charge on any atom is 0.248 e. The number of carbonyl (C=O) groups is 1. The Morgan fingerprint density at radius 2 is 1.77 bits per heavy atom. The second kappa shape index (κ2) is 8.29. The van der Waals surface area contributed by atoms with E-state index in [4.69, 9.17) is 11.6 Å². The van der Waals surface area contributed by atoms with Crippen LogP contribution in [0, 0.1) is 33.9 Å². The van der Waals surface area contributed by atoms with Crippen molar-refractivity contribution in [2.45, 2.75) is 57.3 Å². The maximum absolute atomic E-state index is 13.5. The van der Waals surface area contributed by atoms with Crippen LogP contribution in [0.25, 0.3) is 0 Å². The van der Waals surface area contributed by atoms with Crippen LogP contribution in [0.1, 0.15) is 51.4 Å². The highest BCUT2D eigenvalue weighted by atomic mass is 35.5. The summed E-state index contributed by atoms with van der Waals surface area (Å²) in [6.07, 6.45) is 3.47. The fourth-order valence-corrected chi connectivity index (χ4v) is 5.74. The van der Waals surface area contributed by atoms with Crippen LogP contribution in [0.3, 0.4) is 0 Å². The molecule has 1 spiro atoms. The highest BCUT2D eigenvalue weighted by molar-refractivity contribution is 6.30. The lowest BCUT2D eigenvalue weighted by atomic mass is 9.64. The maximum atomic E-state index is 13.5. The first kappa shape index (κ1) is 22.4. The summed E-state index contributed by atoms with van der Waals surface area (Å²) >= 11 is 5.85. The summed E-state index contributed by atoms with van der Waals surface area (Å²) in [7, 11) is 0. The molecule has 1 aromatic carbocycles. The van der Waals surface area contributed by atoms with Crippen molar-refractivity contribution in [3.05, 3.63) is 29.0 Å². The number of rotatable bonds is 4. The molecule has 1 aliphatic heterocycles. The number of nitrogens with zero attached hydrogens (tertiary/aromatic N) is 2. The normalized spacial score (nSPS) is 24.9. The van der Waals surface area contributed by atoms with Gasteiger partial charge >= 0.3 is 0 Å². The van der Waals surface area contributed by atoms with Gasteiger partial charge in [0.2, 0.25) is 11.8 Å². The molecule has 3 aliphatic rings. The van der Waals surface area contributed by atoms with Gasteiger partial charge in [-0.2, -0.15) is 5.26 Å². The summed E-state index contributed by atoms with van der Waals surface area (Å²) in [6.45, 7) is 2.28. The van der Waals surface area contributed by atoms with Gasteiger partial charge in [0.1, 0.15) is 5.82 Å². The molecule has 0 aromatic heterocycles. The minimum atomic E-state index is -2.63. The number of anilines is 1. The third kappa shape index (κ3) is 5.01. The average Bonchev–Trinajstić information content (AvgIpc) is 2.68. The highest BCUT2D eigenvalue weighted by Crippen LogP contribution is 2.49. The zero-order valence-corrected chi connectivity index (χ0v) is 18.2. The molecular weight excluding hydrogens is 427 g/mol. The third-order valence-corrected chi connectivity index (χ3v) is 7.59. The molecule has 0 atom stereocenters. The molecule has 2 aliphatic carbocycles. The van der Waals surface area contributed by atoms with Gasteiger partial charge in [-0.15, -0.1) is 0 Å². The van der Waals surface area contributed by atoms with Crippen LogP contribution in [-0.4, -0.2) is 36.4 Å². The van der Waals surface area contributed by atoms with E-state index in [1.165, 1.54) is 18.2 Å². The molecule has 0 radical (unpaired) electrons. The Labute approximate surface area is 185 Å². The van der Waals surface area contributed by atoms with Crippen LogP contribution < -0.4 is 5.32 Å². The van der Waals surface area contributed by atoms with E-state index >= 15 is 0 Å². The number of nitriles is 1. The van der Waals surface area contributed by atoms with Crippen molar-refractivity contribution in [3.8, 4) is 6.07 Å². The highest BCUT2D eigenvalue weighted by Gasteiger charge is 2.50. The summed E-state index contributed by atoms with van der Waals surface area (Å²) in [4.78, 5) is 14.8. The Kier molecular flexibility index (Phi) is 5.99. The van der Waals surface area contributed by atoms with Gasteiger partial charge in [-0.05, 0) is 62.1 Å². The van der Waals surface area contributed by atoms with E-state index in [0.717, 1.165) is 38.8 Å². The van der Waals surface area contributed by atoms with Crippen molar-refractivity contribution in [1.29, 1.82) is 5.26 Å². The smallest absolute Gasteiger partial charge is 0.248 e. The van der Waals surface area contributed by atoms with Gasteiger partial charge < -0.3 is 10.2 Å². The quantitative estimate of drug-likeness (QED) is 0.642. The second-order valence-electron chi connectivity index (χ2n) is 9.81. The van der Waals surface area contributed by atoms with E-state index in [1.807, 2.05) is 0 Å². The number of likely N-dealkylation sites (tertiary alicyclic amines) is 1. The third-order valence-electron chi connectivity index (χ3n) is 7.37. The van der Waals surface area contributed by atoms with Gasteiger partial charge in [-0.25, -0.2) is 13.2 Å². The lowest BCUT2D eigenvalue weighted by molar-refractivity contribution is -0.124. The van der Waals surface area contributed by atoms with Crippen LogP contribution in [0.2, 0.25) is 5.02 Å². The molecule has 4 nitrogen and oxygen atoms in total. The lowest BCUT2D eigenvalue weighted by Gasteiger charge is -2.55. The van der Waals surface area contributed by atoms with Crippen molar-refractivity contribution in [2.75, 3.05) is 25.0 Å². The average molecular weight is 454 g/mol. The van der Waals surface area contributed by atoms with Crippen molar-refractivity contribution in [1.82, 2.24) is 4.90 Å². The Morgan fingerprint density at radius 3 is 2.35 bits per heavy atom. The van der Waals surface area contributed by atoms with Gasteiger partial charge in [0.05, 0.1) is 11.5 Å². The molecule has 1 heterocycles. The number of carbonyl (C=O) groups excluding carboxylic acids is 1. The van der Waals surface area contributed by atoms with Gasteiger partial charge in [0.25, 0.3) is 0 Å². The van der Waals surface area contributed by atoms with Crippen molar-refractivity contribution >= 4 is 23.2 Å². The fourth-order valence-electron chi connectivity index (χ4n) is 5.52. The number of nitrogens with one attached hydrogen (secondary N) is 1. The second-order valence-corrected chi connectivity index (χ2v) is 10.3. The summed E-state index contributed by atoms with van der Waals surface area (Å²) in [6, 6.07) is 6.31. The number of alkyl halides is 2. The Bertz CT molecular complexity index is 854. The molecule has 4 rings (SSSR count). The molecule has 1 saturated heterocycles. The first-order valence-electron chi connectivity index (χ1n) is 10.9. The van der Waals surface area contributed by atoms with Crippen LogP contribution in [0.5, 0.6) is 0 Å². The van der Waals surface area contributed by atoms with Crippen LogP contribution in [0.15, 0.2) is 18.2 Å². The Morgan fingerprint density at radius 1 is 1.13 bits per heavy atom. The zero-order chi connectivity index (χ0) is 22.3. The fraction of sp³-hybridized carbons (Fsp3) is 0.652. The SMILES string of the molecule is N#CC1(CN2CC3(CCC(C(=O)Nc4cc(F)cc(Cl)c4)CC3)C2)CCC(F)(F)CC1. The van der Waals surface area contributed by atoms with Crippen molar-refractivity contribution in [2.24, 2.45) is 16.7 Å². The standard InChI is InChI=1S/C23H27ClF3N3O/c24-17-9-18(25)11-19(10-17)29-20(31)16-1-3-22(4-2-16)14-30(15-22)13-21(12-28)5-7-23(26,27)8-6-21/h9-11,16H,1-8,13-15H2,(H,29,31). The van der Waals surface area contributed by atoms with E-state index in [-0.39, 0.29) is 47.9 Å². The molecule has 3 fully saturated rings. The molecule has 1 N–H and O–H groups in total. The molecular formula is C23H27ClF3N3O. The Hall–Kier alpha value is -1.78. The number of hydrogen-bond acceptors (Lipinski definition) is 3. The Balaban J connectivity index is 1.25. The monoisotopic (exact) mass is 453 g/mol. The lowest BCUT2D eigenvalue weighted by Crippen LogP contribution is -2.60. The molecule has 8 heteroatoms. The molecule has 0 bridgehead atoms. The molecule has 1 amide bonds. The van der Waals surface area contributed by atoms with Gasteiger partial charge in [0.15, 0.2) is 0 Å². The van der Waals surface area contributed by atoms with Crippen molar-refractivity contribution in [3.63, 3.8) is 0 Å². The minimum Gasteiger partial charge on any atom is -0.326 e. The summed E-state index contributed by atoms with van der Waals surface area (Å²) in [5.74, 6) is -3.35. The van der Waals surface area contributed by atoms with E-state index in [0.29, 0.717) is 12.2 Å². The van der Waals surface area contributed by atoms with E-state index in [1.54, 1.807) is 0 Å². The van der Waals surface area contributed by atoms with E-state index < -0.39 is 17.2 Å². The molecule has 0 unspecified atom stereocenters. The van der Waals surface area contributed by atoms with Crippen LogP contribution >= 0.6 is 11.6 Å². The van der Waals surface area contributed by atoms with Gasteiger partial charge in [0, 0.05) is 49.1 Å². The minimum absolute atomic E-state index is 0.112. The molecule has 31 heavy (non-hydrogen) atoms. The predicted octanol–water partition coefficient (Wildman–Crippen LogP) is 5.63. The first-order valence-corrected chi connectivity index (χ1v) is 11.3. The van der Waals surface area contributed by atoms with Crippen LogP contribution in [0.4, 0.5) is 18.9 Å². The predicted molar refractivity (Wildman–Crippen MR) is 112 cm³/mol. The number of benzene rings is 1. The van der Waals surface area contributed by atoms with Crippen LogP contribution in [-0.2, 0) is 4.79 Å².